The first-order chi connectivity index (χ1) is 17.7. The van der Waals surface area contributed by atoms with Crippen molar-refractivity contribution in [3.05, 3.63) is 66.6 Å². The Balaban J connectivity index is 1.70. The molecule has 2 heterocycles. The van der Waals surface area contributed by atoms with Gasteiger partial charge in [0.25, 0.3) is 5.91 Å². The second kappa shape index (κ2) is 12.2. The zero-order valence-corrected chi connectivity index (χ0v) is 24.1. The number of rotatable bonds is 8. The summed E-state index contributed by atoms with van der Waals surface area (Å²) in [4.78, 5) is 32.3. The van der Waals surface area contributed by atoms with Crippen LogP contribution in [0.2, 0.25) is 15.1 Å². The molecule has 1 amide bonds. The molecule has 6 nitrogen and oxygen atoms in total. The first kappa shape index (κ1) is 28.0. The number of aromatic nitrogens is 1. The fourth-order valence-corrected chi connectivity index (χ4v) is 6.10. The summed E-state index contributed by atoms with van der Waals surface area (Å²) >= 11 is 22.7. The van der Waals surface area contributed by atoms with Crippen molar-refractivity contribution >= 4 is 79.3 Å². The summed E-state index contributed by atoms with van der Waals surface area (Å²) in [6.45, 7) is 3.88. The van der Waals surface area contributed by atoms with E-state index in [1.165, 1.54) is 6.42 Å². The largest absolute Gasteiger partial charge is 0.481 e. The lowest BCUT2D eigenvalue weighted by molar-refractivity contribution is -0.137. The van der Waals surface area contributed by atoms with Crippen molar-refractivity contribution in [3.8, 4) is 0 Å². The second-order valence-electron chi connectivity index (χ2n) is 9.24. The van der Waals surface area contributed by atoms with Crippen LogP contribution in [-0.2, 0) is 4.79 Å². The van der Waals surface area contributed by atoms with Crippen molar-refractivity contribution in [2.75, 3.05) is 24.5 Å². The number of hydrogen-bond acceptors (Lipinski definition) is 4. The first-order valence-corrected chi connectivity index (χ1v) is 14.1. The van der Waals surface area contributed by atoms with Crippen LogP contribution in [0.25, 0.3) is 10.9 Å². The van der Waals surface area contributed by atoms with E-state index >= 15 is 0 Å². The Bertz CT molecular complexity index is 1350. The molecule has 3 aromatic rings. The Labute approximate surface area is 239 Å². The van der Waals surface area contributed by atoms with Crippen LogP contribution in [0.15, 0.2) is 34.8 Å². The Kier molecular flexibility index (Phi) is 9.22. The number of carboxylic acids is 1. The van der Waals surface area contributed by atoms with Crippen LogP contribution < -0.4 is 10.2 Å². The molecule has 0 aliphatic carbocycles. The van der Waals surface area contributed by atoms with Crippen molar-refractivity contribution in [2.45, 2.75) is 44.9 Å². The average Bonchev–Trinajstić information content (AvgIpc) is 2.87. The van der Waals surface area contributed by atoms with Crippen molar-refractivity contribution < 1.29 is 14.7 Å². The molecular formula is C27H27BrCl3N3O3. The molecule has 0 spiro atoms. The molecule has 1 aliphatic rings. The second-order valence-corrected chi connectivity index (χ2v) is 11.3. The number of anilines is 1. The van der Waals surface area contributed by atoms with Crippen LogP contribution in [0.3, 0.4) is 0 Å². The fraction of sp³-hybridized carbons (Fsp3) is 0.370. The van der Waals surface area contributed by atoms with Crippen LogP contribution in [-0.4, -0.2) is 41.6 Å². The maximum atomic E-state index is 13.8. The number of aliphatic carboxylic acids is 1. The number of halogens is 4. The molecule has 0 bridgehead atoms. The van der Waals surface area contributed by atoms with Gasteiger partial charge in [0.15, 0.2) is 0 Å². The van der Waals surface area contributed by atoms with Gasteiger partial charge in [-0.25, -0.2) is 4.98 Å². The van der Waals surface area contributed by atoms with E-state index in [1.54, 1.807) is 12.1 Å². The lowest BCUT2D eigenvalue weighted by atomic mass is 9.93. The van der Waals surface area contributed by atoms with Crippen molar-refractivity contribution in [2.24, 2.45) is 0 Å². The molecule has 1 atom stereocenters. The lowest BCUT2D eigenvalue weighted by Crippen LogP contribution is -2.33. The van der Waals surface area contributed by atoms with E-state index in [4.69, 9.17) is 39.8 Å². The third-order valence-electron chi connectivity index (χ3n) is 6.75. The molecule has 2 aromatic carbocycles. The van der Waals surface area contributed by atoms with Gasteiger partial charge in [0, 0.05) is 52.4 Å². The molecule has 1 saturated heterocycles. The van der Waals surface area contributed by atoms with Gasteiger partial charge >= 0.3 is 5.97 Å². The van der Waals surface area contributed by atoms with Crippen molar-refractivity contribution in [1.29, 1.82) is 0 Å². The van der Waals surface area contributed by atoms with Crippen LogP contribution in [0.5, 0.6) is 0 Å². The van der Waals surface area contributed by atoms with Gasteiger partial charge in [-0.1, -0.05) is 50.7 Å². The zero-order valence-electron chi connectivity index (χ0n) is 20.3. The molecule has 37 heavy (non-hydrogen) atoms. The minimum absolute atomic E-state index is 0.108. The molecular weight excluding hydrogens is 601 g/mol. The van der Waals surface area contributed by atoms with E-state index < -0.39 is 11.9 Å². The number of fused-ring (bicyclic) bond motifs is 1. The Morgan fingerprint density at radius 3 is 2.51 bits per heavy atom. The average molecular weight is 628 g/mol. The Morgan fingerprint density at radius 1 is 1.11 bits per heavy atom. The predicted molar refractivity (Wildman–Crippen MR) is 154 cm³/mol. The van der Waals surface area contributed by atoms with Gasteiger partial charge in [-0.2, -0.15) is 0 Å². The summed E-state index contributed by atoms with van der Waals surface area (Å²) in [6, 6.07) is 8.94. The number of nitrogens with one attached hydrogen (secondary N) is 1. The van der Waals surface area contributed by atoms with E-state index in [0.717, 1.165) is 52.7 Å². The van der Waals surface area contributed by atoms with E-state index in [-0.39, 0.29) is 30.3 Å². The predicted octanol–water partition coefficient (Wildman–Crippen LogP) is 7.63. The van der Waals surface area contributed by atoms with Crippen LogP contribution >= 0.6 is 50.7 Å². The van der Waals surface area contributed by atoms with Gasteiger partial charge in [0.05, 0.1) is 21.1 Å². The number of pyridine rings is 1. The number of carbonyl (C=O) groups excluding carboxylic acids is 1. The minimum atomic E-state index is -0.947. The van der Waals surface area contributed by atoms with Crippen molar-refractivity contribution in [1.82, 2.24) is 10.3 Å². The monoisotopic (exact) mass is 625 g/mol. The van der Waals surface area contributed by atoms with E-state index in [1.807, 2.05) is 25.1 Å². The Morgan fingerprint density at radius 2 is 1.81 bits per heavy atom. The van der Waals surface area contributed by atoms with Gasteiger partial charge in [0.1, 0.15) is 5.82 Å². The third-order valence-corrected chi connectivity index (χ3v) is 8.39. The molecule has 196 valence electrons. The highest BCUT2D eigenvalue weighted by atomic mass is 79.9. The molecule has 0 unspecified atom stereocenters. The summed E-state index contributed by atoms with van der Waals surface area (Å²) in [5, 5.41) is 14.0. The minimum Gasteiger partial charge on any atom is -0.481 e. The van der Waals surface area contributed by atoms with E-state index in [2.05, 4.69) is 26.1 Å². The maximum Gasteiger partial charge on any atom is 0.303 e. The SMILES string of the molecule is Cc1c(N2CCCCC2)nc2ccc(Br)cc2c1C(=O)NC[C@H](CCC(=O)O)c1c(Cl)ccc(Cl)c1Cl. The standard InChI is InChI=1S/C27H27BrCl3N3O3/c1-15-23(18-13-17(28)6-9-21(18)33-26(15)34-11-3-2-4-12-34)27(37)32-14-16(5-10-22(35)36)24-19(29)7-8-20(30)25(24)31/h6-9,13,16H,2-5,10-12,14H2,1H3,(H,32,37)(H,35,36)/t16-/m0/s1. The summed E-state index contributed by atoms with van der Waals surface area (Å²) < 4.78 is 0.845. The highest BCUT2D eigenvalue weighted by Gasteiger charge is 2.25. The van der Waals surface area contributed by atoms with Crippen LogP contribution in [0.1, 0.15) is 59.5 Å². The molecule has 4 rings (SSSR count). The molecule has 10 heteroatoms. The maximum absolute atomic E-state index is 13.8. The van der Waals surface area contributed by atoms with Crippen molar-refractivity contribution in [3.63, 3.8) is 0 Å². The van der Waals surface area contributed by atoms with Gasteiger partial charge in [0.2, 0.25) is 0 Å². The fourth-order valence-electron chi connectivity index (χ4n) is 4.89. The Hall–Kier alpha value is -2.06. The number of carbonyl (C=O) groups is 2. The summed E-state index contributed by atoms with van der Waals surface area (Å²) in [7, 11) is 0. The van der Waals surface area contributed by atoms with Crippen LogP contribution in [0, 0.1) is 6.92 Å². The van der Waals surface area contributed by atoms with E-state index in [0.29, 0.717) is 21.2 Å². The summed E-state index contributed by atoms with van der Waals surface area (Å²) in [6.07, 6.45) is 3.50. The smallest absolute Gasteiger partial charge is 0.303 e. The number of piperidine rings is 1. The molecule has 1 aromatic heterocycles. The zero-order chi connectivity index (χ0) is 26.7. The molecule has 1 fully saturated rings. The first-order valence-electron chi connectivity index (χ1n) is 12.2. The molecule has 0 radical (unpaired) electrons. The number of hydrogen-bond donors (Lipinski definition) is 2. The normalized spacial score (nSPS) is 14.6. The summed E-state index contributed by atoms with van der Waals surface area (Å²) in [5.41, 5.74) is 2.63. The highest BCUT2D eigenvalue weighted by Crippen LogP contribution is 2.38. The number of nitrogens with zero attached hydrogens (tertiary/aromatic N) is 2. The summed E-state index contributed by atoms with van der Waals surface area (Å²) in [5.74, 6) is -0.836. The lowest BCUT2D eigenvalue weighted by Gasteiger charge is -2.30. The third kappa shape index (κ3) is 6.33. The molecule has 0 saturated carbocycles. The number of carboxylic acid groups (broad SMARTS) is 1. The van der Waals surface area contributed by atoms with Gasteiger partial charge in [-0.05, 0) is 68.5 Å². The highest BCUT2D eigenvalue weighted by molar-refractivity contribution is 9.10. The molecule has 2 N–H and O–H groups in total. The van der Waals surface area contributed by atoms with Crippen LogP contribution in [0.4, 0.5) is 5.82 Å². The molecule has 1 aliphatic heterocycles. The van der Waals surface area contributed by atoms with Gasteiger partial charge in [-0.15, -0.1) is 0 Å². The van der Waals surface area contributed by atoms with Gasteiger partial charge < -0.3 is 15.3 Å². The number of benzene rings is 2. The van der Waals surface area contributed by atoms with E-state index in [9.17, 15) is 14.7 Å². The number of amides is 1. The van der Waals surface area contributed by atoms with Gasteiger partial charge in [-0.3, -0.25) is 9.59 Å². The quantitative estimate of drug-likeness (QED) is 0.251. The topological polar surface area (TPSA) is 82.5 Å².